The number of imide groups is 1. The molecule has 0 aromatic heterocycles. The van der Waals surface area contributed by atoms with Gasteiger partial charge in [-0.1, -0.05) is 35.0 Å². The van der Waals surface area contributed by atoms with Crippen LogP contribution in [0.15, 0.2) is 40.3 Å². The van der Waals surface area contributed by atoms with Crippen LogP contribution in [0.3, 0.4) is 0 Å². The summed E-state index contributed by atoms with van der Waals surface area (Å²) in [4.78, 5) is 45.3. The molecule has 9 heteroatoms. The number of benzene rings is 1. The van der Waals surface area contributed by atoms with Crippen molar-refractivity contribution < 1.29 is 19.0 Å². The number of rotatable bonds is 4. The standard InChI is InChI=1S/C16H15N5O3S/c1-20-12-11(14(23)21(2)16(20)24)18-15(19-12)25-9-8-17-13(22)10-6-4-3-5-7-10/h3-7H,8-9H2,1-2H3/p+1. The highest BCUT2D eigenvalue weighted by molar-refractivity contribution is 8.14. The van der Waals surface area contributed by atoms with E-state index in [1.54, 1.807) is 31.3 Å². The molecule has 0 saturated heterocycles. The Hall–Kier alpha value is -2.81. The number of aliphatic imine (C=N–C) groups is 2. The predicted molar refractivity (Wildman–Crippen MR) is 95.5 cm³/mol. The predicted octanol–water partition coefficient (Wildman–Crippen LogP) is 0.593. The molecule has 1 aromatic rings. The van der Waals surface area contributed by atoms with Gasteiger partial charge in [0.2, 0.25) is 5.71 Å². The van der Waals surface area contributed by atoms with Crippen molar-refractivity contribution in [1.82, 2.24) is 10.2 Å². The van der Waals surface area contributed by atoms with Gasteiger partial charge in [0.15, 0.2) is 0 Å². The van der Waals surface area contributed by atoms with E-state index in [4.69, 9.17) is 0 Å². The van der Waals surface area contributed by atoms with E-state index >= 15 is 0 Å². The molecule has 0 radical (unpaired) electrons. The second-order valence-corrected chi connectivity index (χ2v) is 6.42. The van der Waals surface area contributed by atoms with Crippen molar-refractivity contribution in [2.45, 2.75) is 0 Å². The van der Waals surface area contributed by atoms with Crippen LogP contribution in [0.5, 0.6) is 0 Å². The van der Waals surface area contributed by atoms with Gasteiger partial charge in [-0.15, -0.1) is 0 Å². The lowest BCUT2D eigenvalue weighted by Gasteiger charge is -2.15. The van der Waals surface area contributed by atoms with Crippen molar-refractivity contribution in [2.75, 3.05) is 26.4 Å². The maximum Gasteiger partial charge on any atom is 0.446 e. The zero-order valence-corrected chi connectivity index (χ0v) is 14.5. The van der Waals surface area contributed by atoms with Gasteiger partial charge >= 0.3 is 17.8 Å². The van der Waals surface area contributed by atoms with Crippen LogP contribution in [-0.4, -0.2) is 70.4 Å². The summed E-state index contributed by atoms with van der Waals surface area (Å²) in [6.07, 6.45) is 0. The summed E-state index contributed by atoms with van der Waals surface area (Å²) in [5, 5.41) is 3.21. The third-order valence-corrected chi connectivity index (χ3v) is 4.52. The third kappa shape index (κ3) is 3.36. The summed E-state index contributed by atoms with van der Waals surface area (Å²) >= 11 is 1.31. The van der Waals surface area contributed by atoms with Gasteiger partial charge in [-0.2, -0.15) is 14.5 Å². The highest BCUT2D eigenvalue weighted by Crippen LogP contribution is 2.16. The van der Waals surface area contributed by atoms with Gasteiger partial charge < -0.3 is 5.32 Å². The number of nitrogens with zero attached hydrogens (tertiary/aromatic N) is 4. The normalized spacial score (nSPS) is 16.6. The van der Waals surface area contributed by atoms with E-state index in [9.17, 15) is 14.4 Å². The Morgan fingerprint density at radius 1 is 1.24 bits per heavy atom. The van der Waals surface area contributed by atoms with E-state index < -0.39 is 11.9 Å². The van der Waals surface area contributed by atoms with Gasteiger partial charge in [-0.05, 0) is 12.1 Å². The van der Waals surface area contributed by atoms with Gasteiger partial charge in [0.05, 0.1) is 14.1 Å². The fourth-order valence-electron chi connectivity index (χ4n) is 2.32. The second kappa shape index (κ2) is 6.98. The molecule has 0 spiro atoms. The molecule has 4 amide bonds. The third-order valence-electron chi connectivity index (χ3n) is 3.67. The molecule has 128 valence electrons. The molecule has 0 atom stereocenters. The first kappa shape index (κ1) is 17.0. The lowest BCUT2D eigenvalue weighted by atomic mass is 10.2. The molecule has 8 nitrogen and oxygen atoms in total. The molecule has 2 heterocycles. The van der Waals surface area contributed by atoms with Crippen LogP contribution in [0.4, 0.5) is 4.79 Å². The number of carbonyl (C=O) groups excluding carboxylic acids is 3. The number of hydrogen-bond acceptors (Lipinski definition) is 6. The molecular formula is C16H16N5O3S+. The van der Waals surface area contributed by atoms with E-state index in [1.165, 1.54) is 23.4 Å². The summed E-state index contributed by atoms with van der Waals surface area (Å²) in [7, 11) is 2.96. The van der Waals surface area contributed by atoms with Crippen LogP contribution in [0.2, 0.25) is 0 Å². The largest absolute Gasteiger partial charge is 0.446 e. The number of hydrogen-bond donors (Lipinski definition) is 1. The second-order valence-electron chi connectivity index (χ2n) is 5.35. The van der Waals surface area contributed by atoms with Crippen LogP contribution >= 0.6 is 11.8 Å². The Morgan fingerprint density at radius 2 is 1.96 bits per heavy atom. The van der Waals surface area contributed by atoms with Crippen molar-refractivity contribution in [3.8, 4) is 0 Å². The zero-order valence-electron chi connectivity index (χ0n) is 13.7. The molecule has 1 N–H and O–H groups in total. The van der Waals surface area contributed by atoms with Crippen molar-refractivity contribution in [2.24, 2.45) is 9.98 Å². The Labute approximate surface area is 148 Å². The van der Waals surface area contributed by atoms with Gasteiger partial charge in [-0.25, -0.2) is 9.59 Å². The summed E-state index contributed by atoms with van der Waals surface area (Å²) in [5.74, 6) is 0.202. The Bertz CT molecular complexity index is 845. The monoisotopic (exact) mass is 358 g/mol. The molecule has 0 saturated carbocycles. The smallest absolute Gasteiger partial charge is 0.351 e. The number of fused-ring (bicyclic) bond motifs is 1. The summed E-state index contributed by atoms with van der Waals surface area (Å²) in [5.41, 5.74) is 0.765. The van der Waals surface area contributed by atoms with Crippen LogP contribution in [0.25, 0.3) is 0 Å². The molecule has 1 aromatic carbocycles. The van der Waals surface area contributed by atoms with E-state index in [-0.39, 0.29) is 17.5 Å². The average molecular weight is 358 g/mol. The first-order valence-electron chi connectivity index (χ1n) is 7.55. The lowest BCUT2D eigenvalue weighted by Crippen LogP contribution is -2.51. The average Bonchev–Trinajstić information content (AvgIpc) is 3.07. The van der Waals surface area contributed by atoms with Gasteiger partial charge in [-0.3, -0.25) is 4.79 Å². The first-order valence-corrected chi connectivity index (χ1v) is 8.54. The molecule has 0 unspecified atom stereocenters. The van der Waals surface area contributed by atoms with E-state index in [2.05, 4.69) is 15.3 Å². The maximum absolute atomic E-state index is 12.1. The number of nitrogens with one attached hydrogen (secondary N) is 1. The topological polar surface area (TPSA) is 94.2 Å². The van der Waals surface area contributed by atoms with Crippen LogP contribution in [0.1, 0.15) is 10.4 Å². The minimum absolute atomic E-state index is 0.147. The quantitative estimate of drug-likeness (QED) is 0.630. The zero-order chi connectivity index (χ0) is 18.0. The van der Waals surface area contributed by atoms with E-state index in [1.807, 2.05) is 6.07 Å². The molecule has 0 bridgehead atoms. The maximum atomic E-state index is 12.1. The molecule has 25 heavy (non-hydrogen) atoms. The van der Waals surface area contributed by atoms with Crippen LogP contribution in [0, 0.1) is 0 Å². The van der Waals surface area contributed by atoms with E-state index in [0.717, 1.165) is 4.90 Å². The Morgan fingerprint density at radius 3 is 2.68 bits per heavy atom. The van der Waals surface area contributed by atoms with Gasteiger partial charge in [0, 0.05) is 17.9 Å². The van der Waals surface area contributed by atoms with E-state index in [0.29, 0.717) is 23.0 Å². The number of urea groups is 1. The number of amides is 4. The molecule has 2 aliphatic rings. The number of carbonyl (C=O) groups is 3. The molecule has 2 aliphatic heterocycles. The summed E-state index contributed by atoms with van der Waals surface area (Å²) < 4.78 is 1.30. The van der Waals surface area contributed by atoms with Crippen molar-refractivity contribution in [3.63, 3.8) is 0 Å². The minimum atomic E-state index is -0.463. The SMILES string of the molecule is CN1C(=O)C2=NC(SCCNC(=O)c3ccccc3)=NC2=[N+](C)C1=O. The first-order chi connectivity index (χ1) is 12.0. The highest BCUT2D eigenvalue weighted by Gasteiger charge is 2.44. The van der Waals surface area contributed by atoms with Crippen molar-refractivity contribution in [3.05, 3.63) is 35.9 Å². The fourth-order valence-corrected chi connectivity index (χ4v) is 3.01. The van der Waals surface area contributed by atoms with Crippen LogP contribution in [-0.2, 0) is 4.79 Å². The summed E-state index contributed by atoms with van der Waals surface area (Å²) in [6.45, 7) is 0.431. The summed E-state index contributed by atoms with van der Waals surface area (Å²) in [6, 6.07) is 8.50. The minimum Gasteiger partial charge on any atom is -0.351 e. The van der Waals surface area contributed by atoms with Crippen molar-refractivity contribution in [1.29, 1.82) is 0 Å². The van der Waals surface area contributed by atoms with Gasteiger partial charge in [0.1, 0.15) is 0 Å². The molecule has 0 fully saturated rings. The molecular weight excluding hydrogens is 342 g/mol. The Balaban J connectivity index is 1.57. The van der Waals surface area contributed by atoms with Crippen LogP contribution < -0.4 is 5.32 Å². The highest BCUT2D eigenvalue weighted by atomic mass is 32.2. The fraction of sp³-hybridized carbons (Fsp3) is 0.250. The molecule has 3 rings (SSSR count). The molecule has 0 aliphatic carbocycles. The lowest BCUT2D eigenvalue weighted by molar-refractivity contribution is -0.401. The number of thioether (sulfide) groups is 1. The van der Waals surface area contributed by atoms with Crippen molar-refractivity contribution >= 4 is 46.3 Å². The number of amidine groups is 2. The van der Waals surface area contributed by atoms with Gasteiger partial charge in [0.25, 0.3) is 11.1 Å². The Kier molecular flexibility index (Phi) is 4.75.